The van der Waals surface area contributed by atoms with Crippen molar-refractivity contribution in [1.29, 1.82) is 0 Å². The summed E-state index contributed by atoms with van der Waals surface area (Å²) >= 11 is 12.0. The summed E-state index contributed by atoms with van der Waals surface area (Å²) in [7, 11) is 1.58. The van der Waals surface area contributed by atoms with Crippen molar-refractivity contribution < 1.29 is 14.3 Å². The van der Waals surface area contributed by atoms with Crippen LogP contribution in [-0.2, 0) is 9.53 Å². The molecule has 0 amide bonds. The van der Waals surface area contributed by atoms with Crippen LogP contribution in [0.3, 0.4) is 0 Å². The van der Waals surface area contributed by atoms with E-state index in [1.807, 2.05) is 0 Å². The highest BCUT2D eigenvalue weighted by Gasteiger charge is 2.14. The molecule has 0 saturated carbocycles. The first kappa shape index (κ1) is 18.2. The zero-order chi connectivity index (χ0) is 17.5. The van der Waals surface area contributed by atoms with Gasteiger partial charge in [-0.15, -0.1) is 0 Å². The molecule has 0 atom stereocenters. The molecule has 2 aromatic carbocycles. The van der Waals surface area contributed by atoms with Gasteiger partial charge in [0, 0.05) is 11.2 Å². The normalized spacial score (nSPS) is 11.1. The van der Waals surface area contributed by atoms with E-state index in [1.54, 1.807) is 62.7 Å². The number of hydrogen-bond donors (Lipinski definition) is 1. The van der Waals surface area contributed by atoms with Crippen molar-refractivity contribution in [2.45, 2.75) is 6.92 Å². The predicted octanol–water partition coefficient (Wildman–Crippen LogP) is 5.02. The lowest BCUT2D eigenvalue weighted by atomic mass is 10.1. The van der Waals surface area contributed by atoms with Crippen LogP contribution in [0.25, 0.3) is 5.57 Å². The number of halogens is 2. The number of methoxy groups -OCH3 is 1. The van der Waals surface area contributed by atoms with Gasteiger partial charge in [0.1, 0.15) is 5.75 Å². The molecule has 0 heterocycles. The van der Waals surface area contributed by atoms with Gasteiger partial charge in [0.05, 0.1) is 30.0 Å². The van der Waals surface area contributed by atoms with E-state index in [0.717, 1.165) is 0 Å². The zero-order valence-corrected chi connectivity index (χ0v) is 14.8. The Labute approximate surface area is 151 Å². The summed E-state index contributed by atoms with van der Waals surface area (Å²) in [6.07, 6.45) is 1.56. The molecule has 126 valence electrons. The number of carbonyl (C=O) groups excluding carboxylic acids is 1. The molecule has 0 spiro atoms. The number of rotatable bonds is 6. The first-order valence-corrected chi connectivity index (χ1v) is 8.04. The number of nitrogens with one attached hydrogen (secondary N) is 1. The van der Waals surface area contributed by atoms with E-state index in [4.69, 9.17) is 32.7 Å². The van der Waals surface area contributed by atoms with Crippen molar-refractivity contribution >= 4 is 40.4 Å². The number of benzene rings is 2. The fourth-order valence-corrected chi connectivity index (χ4v) is 2.46. The largest absolute Gasteiger partial charge is 0.497 e. The van der Waals surface area contributed by atoms with Crippen molar-refractivity contribution in [1.82, 2.24) is 0 Å². The van der Waals surface area contributed by atoms with Crippen LogP contribution in [0.1, 0.15) is 12.5 Å². The van der Waals surface area contributed by atoms with Crippen LogP contribution >= 0.6 is 23.2 Å². The third-order valence-corrected chi connectivity index (χ3v) is 3.75. The molecule has 0 aromatic heterocycles. The topological polar surface area (TPSA) is 47.6 Å². The van der Waals surface area contributed by atoms with E-state index >= 15 is 0 Å². The molecule has 4 nitrogen and oxygen atoms in total. The van der Waals surface area contributed by atoms with Crippen LogP contribution in [-0.4, -0.2) is 19.7 Å². The van der Waals surface area contributed by atoms with Gasteiger partial charge in [0.25, 0.3) is 0 Å². The molecule has 0 aliphatic carbocycles. The minimum absolute atomic E-state index is 0.286. The molecule has 0 bridgehead atoms. The Bertz CT molecular complexity index is 742. The summed E-state index contributed by atoms with van der Waals surface area (Å²) in [6, 6.07) is 12.2. The monoisotopic (exact) mass is 365 g/mol. The molecule has 0 unspecified atom stereocenters. The first-order valence-electron chi connectivity index (χ1n) is 7.28. The van der Waals surface area contributed by atoms with Gasteiger partial charge in [-0.05, 0) is 42.8 Å². The Hall–Kier alpha value is -2.17. The van der Waals surface area contributed by atoms with E-state index in [1.165, 1.54) is 0 Å². The fourth-order valence-electron chi connectivity index (χ4n) is 2.00. The van der Waals surface area contributed by atoms with Crippen LogP contribution < -0.4 is 10.1 Å². The third-order valence-electron chi connectivity index (χ3n) is 3.20. The molecule has 2 rings (SSSR count). The molecule has 1 N–H and O–H groups in total. The number of anilines is 1. The summed E-state index contributed by atoms with van der Waals surface area (Å²) in [5.41, 5.74) is 1.72. The molecule has 0 saturated heterocycles. The molecule has 0 aliphatic rings. The van der Waals surface area contributed by atoms with Gasteiger partial charge in [-0.2, -0.15) is 0 Å². The van der Waals surface area contributed by atoms with Crippen molar-refractivity contribution in [2.24, 2.45) is 0 Å². The van der Waals surface area contributed by atoms with E-state index in [0.29, 0.717) is 32.6 Å². The van der Waals surface area contributed by atoms with Gasteiger partial charge in [0.15, 0.2) is 0 Å². The maximum absolute atomic E-state index is 12.2. The maximum Gasteiger partial charge on any atom is 0.340 e. The standard InChI is InChI=1S/C18H17Cl2NO3/c1-3-24-18(22)15(12-4-7-14(23-2)8-5-12)11-21-17-9-6-13(19)10-16(17)20/h4-11,21H,3H2,1-2H3/b15-11-. The molecule has 6 heteroatoms. The highest BCUT2D eigenvalue weighted by atomic mass is 35.5. The van der Waals surface area contributed by atoms with Crippen molar-refractivity contribution in [2.75, 3.05) is 19.0 Å². The lowest BCUT2D eigenvalue weighted by molar-refractivity contribution is -0.136. The molecular weight excluding hydrogens is 349 g/mol. The van der Waals surface area contributed by atoms with Crippen molar-refractivity contribution in [3.05, 3.63) is 64.3 Å². The number of esters is 1. The average molecular weight is 366 g/mol. The van der Waals surface area contributed by atoms with E-state index in [-0.39, 0.29) is 6.61 Å². The third kappa shape index (κ3) is 4.66. The molecular formula is C18H17Cl2NO3. The van der Waals surface area contributed by atoms with Gasteiger partial charge in [-0.1, -0.05) is 35.3 Å². The summed E-state index contributed by atoms with van der Waals surface area (Å²) in [4.78, 5) is 12.2. The minimum Gasteiger partial charge on any atom is -0.497 e. The highest BCUT2D eigenvalue weighted by Crippen LogP contribution is 2.26. The fraction of sp³-hybridized carbons (Fsp3) is 0.167. The van der Waals surface area contributed by atoms with Gasteiger partial charge >= 0.3 is 5.97 Å². The molecule has 0 aliphatic heterocycles. The second kappa shape index (κ2) is 8.62. The molecule has 24 heavy (non-hydrogen) atoms. The Kier molecular flexibility index (Phi) is 6.53. The molecule has 2 aromatic rings. The maximum atomic E-state index is 12.2. The van der Waals surface area contributed by atoms with Gasteiger partial charge in [-0.3, -0.25) is 0 Å². The lowest BCUT2D eigenvalue weighted by Crippen LogP contribution is -2.08. The van der Waals surface area contributed by atoms with Crippen LogP contribution in [0.15, 0.2) is 48.7 Å². The Balaban J connectivity index is 2.32. The van der Waals surface area contributed by atoms with Gasteiger partial charge < -0.3 is 14.8 Å². The SMILES string of the molecule is CCOC(=O)/C(=C\Nc1ccc(Cl)cc1Cl)c1ccc(OC)cc1. The number of carbonyl (C=O) groups is 1. The Morgan fingerprint density at radius 2 is 1.88 bits per heavy atom. The van der Waals surface area contributed by atoms with E-state index in [9.17, 15) is 4.79 Å². The summed E-state index contributed by atoms with van der Waals surface area (Å²) < 4.78 is 10.3. The zero-order valence-electron chi connectivity index (χ0n) is 13.3. The Morgan fingerprint density at radius 3 is 2.46 bits per heavy atom. The summed E-state index contributed by atoms with van der Waals surface area (Å²) in [5, 5.41) is 4.01. The predicted molar refractivity (Wildman–Crippen MR) is 97.7 cm³/mol. The average Bonchev–Trinajstić information content (AvgIpc) is 2.57. The van der Waals surface area contributed by atoms with Crippen LogP contribution in [0, 0.1) is 0 Å². The summed E-state index contributed by atoms with van der Waals surface area (Å²) in [5.74, 6) is 0.274. The van der Waals surface area contributed by atoms with Crippen LogP contribution in [0.5, 0.6) is 5.75 Å². The summed E-state index contributed by atoms with van der Waals surface area (Å²) in [6.45, 7) is 2.04. The first-order chi connectivity index (χ1) is 11.5. The second-order valence-corrected chi connectivity index (χ2v) is 5.62. The van der Waals surface area contributed by atoms with Gasteiger partial charge in [0.2, 0.25) is 0 Å². The van der Waals surface area contributed by atoms with Gasteiger partial charge in [-0.25, -0.2) is 4.79 Å². The van der Waals surface area contributed by atoms with E-state index < -0.39 is 5.97 Å². The van der Waals surface area contributed by atoms with Crippen molar-refractivity contribution in [3.63, 3.8) is 0 Å². The quantitative estimate of drug-likeness (QED) is 0.576. The number of hydrogen-bond acceptors (Lipinski definition) is 4. The number of ether oxygens (including phenoxy) is 2. The van der Waals surface area contributed by atoms with Crippen molar-refractivity contribution in [3.8, 4) is 5.75 Å². The molecule has 0 fully saturated rings. The highest BCUT2D eigenvalue weighted by molar-refractivity contribution is 6.36. The van der Waals surface area contributed by atoms with E-state index in [2.05, 4.69) is 5.32 Å². The van der Waals surface area contributed by atoms with Crippen LogP contribution in [0.2, 0.25) is 10.0 Å². The van der Waals surface area contributed by atoms with Crippen LogP contribution in [0.4, 0.5) is 5.69 Å². The Morgan fingerprint density at radius 1 is 1.17 bits per heavy atom. The molecule has 0 radical (unpaired) electrons. The smallest absolute Gasteiger partial charge is 0.340 e. The lowest BCUT2D eigenvalue weighted by Gasteiger charge is -2.10. The minimum atomic E-state index is -0.430. The second-order valence-electron chi connectivity index (χ2n) is 4.78.